The van der Waals surface area contributed by atoms with E-state index in [1.54, 1.807) is 4.57 Å². The van der Waals surface area contributed by atoms with Crippen molar-refractivity contribution in [3.8, 4) is 0 Å². The predicted octanol–water partition coefficient (Wildman–Crippen LogP) is 1.36. The molecule has 0 bridgehead atoms. The van der Waals surface area contributed by atoms with Gasteiger partial charge in [0.2, 0.25) is 0 Å². The molecule has 0 saturated heterocycles. The van der Waals surface area contributed by atoms with E-state index in [-0.39, 0.29) is 22.9 Å². The fourth-order valence-electron chi connectivity index (χ4n) is 1.98. The Bertz CT molecular complexity index is 493. The molecular formula is C11H13ClN2O2. The van der Waals surface area contributed by atoms with Crippen molar-refractivity contribution in [2.45, 2.75) is 39.2 Å². The first-order valence-corrected chi connectivity index (χ1v) is 5.75. The molecule has 2 heterocycles. The molecule has 16 heavy (non-hydrogen) atoms. The zero-order valence-electron chi connectivity index (χ0n) is 9.12. The van der Waals surface area contributed by atoms with Crippen LogP contribution in [-0.4, -0.2) is 15.3 Å². The van der Waals surface area contributed by atoms with E-state index in [4.69, 9.17) is 11.6 Å². The SMILES string of the molecule is CC(=O)Cc1c(Cl)nc2n(c1=O)CCCC2. The summed E-state index contributed by atoms with van der Waals surface area (Å²) in [6.07, 6.45) is 2.88. The van der Waals surface area contributed by atoms with Gasteiger partial charge in [0, 0.05) is 19.4 Å². The smallest absolute Gasteiger partial charge is 0.258 e. The van der Waals surface area contributed by atoms with Gasteiger partial charge in [-0.1, -0.05) is 11.6 Å². The molecule has 0 aromatic carbocycles. The molecule has 0 atom stereocenters. The Kier molecular flexibility index (Phi) is 3.10. The maximum absolute atomic E-state index is 12.1. The van der Waals surface area contributed by atoms with Gasteiger partial charge in [-0.2, -0.15) is 0 Å². The number of carbonyl (C=O) groups excluding carboxylic acids is 1. The molecule has 0 fully saturated rings. The van der Waals surface area contributed by atoms with E-state index in [0.29, 0.717) is 12.1 Å². The van der Waals surface area contributed by atoms with E-state index in [0.717, 1.165) is 25.1 Å². The lowest BCUT2D eigenvalue weighted by Gasteiger charge is -2.18. The minimum Gasteiger partial charge on any atom is -0.300 e. The van der Waals surface area contributed by atoms with Crippen LogP contribution in [0.1, 0.15) is 31.2 Å². The molecule has 0 amide bonds. The van der Waals surface area contributed by atoms with Crippen molar-refractivity contribution in [2.75, 3.05) is 0 Å². The van der Waals surface area contributed by atoms with Crippen LogP contribution in [0.15, 0.2) is 4.79 Å². The van der Waals surface area contributed by atoms with Gasteiger partial charge in [-0.25, -0.2) is 4.98 Å². The van der Waals surface area contributed by atoms with Crippen molar-refractivity contribution in [1.29, 1.82) is 0 Å². The Balaban J connectivity index is 2.54. The number of hydrogen-bond donors (Lipinski definition) is 0. The topological polar surface area (TPSA) is 52.0 Å². The predicted molar refractivity (Wildman–Crippen MR) is 60.8 cm³/mol. The fraction of sp³-hybridized carbons (Fsp3) is 0.545. The van der Waals surface area contributed by atoms with Gasteiger partial charge in [0.25, 0.3) is 5.56 Å². The zero-order chi connectivity index (χ0) is 11.7. The average molecular weight is 241 g/mol. The molecule has 2 rings (SSSR count). The van der Waals surface area contributed by atoms with Crippen molar-refractivity contribution < 1.29 is 4.79 Å². The molecule has 0 radical (unpaired) electrons. The third kappa shape index (κ3) is 2.02. The van der Waals surface area contributed by atoms with Crippen LogP contribution in [0.3, 0.4) is 0 Å². The average Bonchev–Trinajstić information content (AvgIpc) is 2.24. The molecule has 0 N–H and O–H groups in total. The summed E-state index contributed by atoms with van der Waals surface area (Å²) in [4.78, 5) is 27.3. The highest BCUT2D eigenvalue weighted by Gasteiger charge is 2.18. The lowest BCUT2D eigenvalue weighted by Crippen LogP contribution is -2.31. The summed E-state index contributed by atoms with van der Waals surface area (Å²) >= 11 is 5.93. The molecule has 4 nitrogen and oxygen atoms in total. The molecule has 1 aliphatic heterocycles. The normalized spacial score (nSPS) is 14.6. The van der Waals surface area contributed by atoms with Gasteiger partial charge in [-0.05, 0) is 19.8 Å². The van der Waals surface area contributed by atoms with Gasteiger partial charge < -0.3 is 0 Å². The van der Waals surface area contributed by atoms with Crippen LogP contribution in [-0.2, 0) is 24.2 Å². The molecule has 1 aromatic rings. The van der Waals surface area contributed by atoms with Gasteiger partial charge >= 0.3 is 0 Å². The summed E-state index contributed by atoms with van der Waals surface area (Å²) in [5.41, 5.74) is 0.185. The van der Waals surface area contributed by atoms with Gasteiger partial charge in [0.15, 0.2) is 0 Å². The largest absolute Gasteiger partial charge is 0.300 e. The van der Waals surface area contributed by atoms with Gasteiger partial charge in [-0.15, -0.1) is 0 Å². The minimum atomic E-state index is -0.148. The number of aryl methyl sites for hydroxylation is 1. The van der Waals surface area contributed by atoms with E-state index < -0.39 is 0 Å². The summed E-state index contributed by atoms with van der Waals surface area (Å²) in [7, 11) is 0. The Hall–Kier alpha value is -1.16. The van der Waals surface area contributed by atoms with Crippen LogP contribution in [0.2, 0.25) is 5.15 Å². The number of fused-ring (bicyclic) bond motifs is 1. The van der Waals surface area contributed by atoms with Crippen LogP contribution < -0.4 is 5.56 Å². The highest BCUT2D eigenvalue weighted by molar-refractivity contribution is 6.30. The Labute approximate surface area is 98.3 Å². The second-order valence-electron chi connectivity index (χ2n) is 4.09. The second kappa shape index (κ2) is 4.37. The fourth-order valence-corrected chi connectivity index (χ4v) is 2.23. The third-order valence-electron chi connectivity index (χ3n) is 2.75. The zero-order valence-corrected chi connectivity index (χ0v) is 9.88. The number of rotatable bonds is 2. The van der Waals surface area contributed by atoms with E-state index >= 15 is 0 Å². The minimum absolute atomic E-state index is 0.0721. The molecular weight excluding hydrogens is 228 g/mol. The van der Waals surface area contributed by atoms with E-state index in [2.05, 4.69) is 4.98 Å². The molecule has 1 aliphatic rings. The van der Waals surface area contributed by atoms with Gasteiger partial charge in [-0.3, -0.25) is 14.2 Å². The van der Waals surface area contributed by atoms with E-state index in [1.807, 2.05) is 0 Å². The maximum atomic E-state index is 12.1. The van der Waals surface area contributed by atoms with Crippen LogP contribution in [0, 0.1) is 0 Å². The molecule has 0 unspecified atom stereocenters. The van der Waals surface area contributed by atoms with Crippen molar-refractivity contribution >= 4 is 17.4 Å². The summed E-state index contributed by atoms with van der Waals surface area (Å²) in [6, 6.07) is 0. The van der Waals surface area contributed by atoms with E-state index in [9.17, 15) is 9.59 Å². The lowest BCUT2D eigenvalue weighted by atomic mass is 10.1. The first kappa shape index (κ1) is 11.3. The van der Waals surface area contributed by atoms with Crippen LogP contribution in [0.5, 0.6) is 0 Å². The molecule has 86 valence electrons. The standard InChI is InChI=1S/C11H13ClN2O2/c1-7(15)6-8-10(12)13-9-4-2-3-5-14(9)11(8)16/h2-6H2,1H3. The summed E-state index contributed by atoms with van der Waals surface area (Å²) in [6.45, 7) is 2.13. The van der Waals surface area contributed by atoms with E-state index in [1.165, 1.54) is 6.92 Å². The number of aromatic nitrogens is 2. The molecule has 0 saturated carbocycles. The molecule has 5 heteroatoms. The van der Waals surface area contributed by atoms with Crippen LogP contribution in [0.4, 0.5) is 0 Å². The van der Waals surface area contributed by atoms with Crippen molar-refractivity contribution in [3.63, 3.8) is 0 Å². The highest BCUT2D eigenvalue weighted by atomic mass is 35.5. The van der Waals surface area contributed by atoms with Crippen LogP contribution in [0.25, 0.3) is 0 Å². The third-order valence-corrected chi connectivity index (χ3v) is 3.06. The second-order valence-corrected chi connectivity index (χ2v) is 4.45. The Morgan fingerprint density at radius 3 is 2.94 bits per heavy atom. The van der Waals surface area contributed by atoms with Crippen LogP contribution >= 0.6 is 11.6 Å². The quantitative estimate of drug-likeness (QED) is 0.734. The maximum Gasteiger partial charge on any atom is 0.258 e. The summed E-state index contributed by atoms with van der Waals surface area (Å²) in [5, 5.41) is 0.188. The molecule has 0 spiro atoms. The van der Waals surface area contributed by atoms with Crippen molar-refractivity contribution in [3.05, 3.63) is 26.9 Å². The number of carbonyl (C=O) groups is 1. The van der Waals surface area contributed by atoms with Crippen molar-refractivity contribution in [2.24, 2.45) is 0 Å². The molecule has 1 aromatic heterocycles. The summed E-state index contributed by atoms with van der Waals surface area (Å²) < 4.78 is 1.65. The summed E-state index contributed by atoms with van der Waals surface area (Å²) in [5.74, 6) is 0.672. The highest BCUT2D eigenvalue weighted by Crippen LogP contribution is 2.16. The molecule has 0 aliphatic carbocycles. The Morgan fingerprint density at radius 1 is 1.50 bits per heavy atom. The van der Waals surface area contributed by atoms with Gasteiger partial charge in [0.1, 0.15) is 16.8 Å². The number of hydrogen-bond acceptors (Lipinski definition) is 3. The number of Topliss-reactive ketones (excluding diaryl/α,β-unsaturated/α-hetero) is 1. The monoisotopic (exact) mass is 240 g/mol. The first-order valence-electron chi connectivity index (χ1n) is 5.37. The lowest BCUT2D eigenvalue weighted by molar-refractivity contribution is -0.116. The number of ketones is 1. The Morgan fingerprint density at radius 2 is 2.25 bits per heavy atom. The van der Waals surface area contributed by atoms with Crippen molar-refractivity contribution in [1.82, 2.24) is 9.55 Å². The number of halogens is 1. The first-order chi connectivity index (χ1) is 7.59. The number of nitrogens with zero attached hydrogens (tertiary/aromatic N) is 2. The van der Waals surface area contributed by atoms with Gasteiger partial charge in [0.05, 0.1) is 5.56 Å².